The highest BCUT2D eigenvalue weighted by Crippen LogP contribution is 2.37. The van der Waals surface area contributed by atoms with Crippen LogP contribution in [0.15, 0.2) is 23.0 Å². The van der Waals surface area contributed by atoms with Gasteiger partial charge in [0.1, 0.15) is 5.56 Å². The molecule has 1 aliphatic heterocycles. The monoisotopic (exact) mass is 358 g/mol. The fourth-order valence-corrected chi connectivity index (χ4v) is 3.23. The molecule has 1 amide bonds. The third kappa shape index (κ3) is 3.28. The SMILES string of the molecule is CCC1COc2c(OC)ccc3cc(C(=O)NC(C)(C)C)c(=O)n(c23)C1. The first kappa shape index (κ1) is 18.3. The Morgan fingerprint density at radius 3 is 2.73 bits per heavy atom. The molecule has 0 spiro atoms. The molecule has 1 aliphatic rings. The van der Waals surface area contributed by atoms with Gasteiger partial charge in [-0.15, -0.1) is 0 Å². The molecular formula is C20H26N2O4. The van der Waals surface area contributed by atoms with Gasteiger partial charge in [-0.25, -0.2) is 0 Å². The maximum absolute atomic E-state index is 13.1. The molecule has 6 heteroatoms. The van der Waals surface area contributed by atoms with Crippen molar-refractivity contribution in [1.82, 2.24) is 9.88 Å². The van der Waals surface area contributed by atoms with Crippen molar-refractivity contribution in [3.8, 4) is 11.5 Å². The number of carbonyl (C=O) groups is 1. The van der Waals surface area contributed by atoms with E-state index < -0.39 is 5.54 Å². The lowest BCUT2D eigenvalue weighted by Gasteiger charge is -2.21. The quantitative estimate of drug-likeness (QED) is 0.916. The number of nitrogens with zero attached hydrogens (tertiary/aromatic N) is 1. The van der Waals surface area contributed by atoms with E-state index in [1.807, 2.05) is 32.9 Å². The molecule has 0 saturated carbocycles. The van der Waals surface area contributed by atoms with E-state index in [-0.39, 0.29) is 22.9 Å². The summed E-state index contributed by atoms with van der Waals surface area (Å²) in [5.41, 5.74) is 0.132. The standard InChI is InChI=1S/C20H26N2O4/c1-6-12-10-22-16-13(7-8-15(25-5)17(16)26-11-12)9-14(19(22)24)18(23)21-20(2,3)4/h7-9,12H,6,10-11H2,1-5H3,(H,21,23). The number of nitrogens with one attached hydrogen (secondary N) is 1. The number of carbonyl (C=O) groups excluding carboxylic acids is 1. The lowest BCUT2D eigenvalue weighted by Crippen LogP contribution is -2.43. The molecule has 0 fully saturated rings. The molecule has 6 nitrogen and oxygen atoms in total. The Balaban J connectivity index is 2.26. The summed E-state index contributed by atoms with van der Waals surface area (Å²) in [7, 11) is 1.58. The van der Waals surface area contributed by atoms with Crippen LogP contribution in [0, 0.1) is 5.92 Å². The van der Waals surface area contributed by atoms with E-state index >= 15 is 0 Å². The molecule has 2 aromatic rings. The topological polar surface area (TPSA) is 69.6 Å². The number of benzene rings is 1. The highest BCUT2D eigenvalue weighted by atomic mass is 16.5. The molecule has 1 aromatic carbocycles. The summed E-state index contributed by atoms with van der Waals surface area (Å²) in [6, 6.07) is 5.31. The number of hydrogen-bond acceptors (Lipinski definition) is 4. The molecule has 1 aromatic heterocycles. The van der Waals surface area contributed by atoms with Crippen molar-refractivity contribution < 1.29 is 14.3 Å². The molecule has 0 radical (unpaired) electrons. The molecule has 3 rings (SSSR count). The van der Waals surface area contributed by atoms with Crippen molar-refractivity contribution in [3.05, 3.63) is 34.1 Å². The highest BCUT2D eigenvalue weighted by Gasteiger charge is 2.26. The molecule has 1 unspecified atom stereocenters. The lowest BCUT2D eigenvalue weighted by molar-refractivity contribution is 0.0917. The number of pyridine rings is 1. The minimum atomic E-state index is -0.419. The maximum Gasteiger partial charge on any atom is 0.264 e. The Bertz CT molecular complexity index is 909. The summed E-state index contributed by atoms with van der Waals surface area (Å²) in [6.07, 6.45) is 0.878. The first-order valence-corrected chi connectivity index (χ1v) is 8.95. The van der Waals surface area contributed by atoms with Crippen LogP contribution in [0.3, 0.4) is 0 Å². The molecule has 0 saturated heterocycles. The van der Waals surface area contributed by atoms with Crippen LogP contribution in [0.2, 0.25) is 0 Å². The highest BCUT2D eigenvalue weighted by molar-refractivity contribution is 5.99. The van der Waals surface area contributed by atoms with Crippen LogP contribution in [-0.4, -0.2) is 29.7 Å². The molecule has 140 valence electrons. The number of methoxy groups -OCH3 is 1. The first-order chi connectivity index (χ1) is 12.2. The van der Waals surface area contributed by atoms with Gasteiger partial charge >= 0.3 is 0 Å². The Morgan fingerprint density at radius 1 is 1.38 bits per heavy atom. The van der Waals surface area contributed by atoms with Gasteiger partial charge in [-0.3, -0.25) is 9.59 Å². The average molecular weight is 358 g/mol. The summed E-state index contributed by atoms with van der Waals surface area (Å²) >= 11 is 0. The Kier molecular flexibility index (Phi) is 4.69. The number of rotatable bonds is 3. The van der Waals surface area contributed by atoms with E-state index in [9.17, 15) is 9.59 Å². The second-order valence-corrected chi connectivity index (χ2v) is 7.80. The van der Waals surface area contributed by atoms with Crippen molar-refractivity contribution in [3.63, 3.8) is 0 Å². The van der Waals surface area contributed by atoms with Crippen LogP contribution in [0.5, 0.6) is 11.5 Å². The second kappa shape index (κ2) is 6.67. The van der Waals surface area contributed by atoms with Crippen LogP contribution in [0.1, 0.15) is 44.5 Å². The van der Waals surface area contributed by atoms with Gasteiger partial charge in [0.2, 0.25) is 0 Å². The van der Waals surface area contributed by atoms with Crippen molar-refractivity contribution in [2.45, 2.75) is 46.2 Å². The minimum Gasteiger partial charge on any atom is -0.493 e. The van der Waals surface area contributed by atoms with E-state index in [0.717, 1.165) is 11.8 Å². The summed E-state index contributed by atoms with van der Waals surface area (Å²) in [6.45, 7) is 8.77. The summed E-state index contributed by atoms with van der Waals surface area (Å²) in [5.74, 6) is 0.993. The number of aromatic nitrogens is 1. The van der Waals surface area contributed by atoms with Crippen molar-refractivity contribution in [2.75, 3.05) is 13.7 Å². The Morgan fingerprint density at radius 2 is 2.12 bits per heavy atom. The Labute approximate surface area is 153 Å². The summed E-state index contributed by atoms with van der Waals surface area (Å²) in [5, 5.41) is 3.67. The predicted octanol–water partition coefficient (Wildman–Crippen LogP) is 2.96. The van der Waals surface area contributed by atoms with Gasteiger partial charge in [0.15, 0.2) is 11.5 Å². The van der Waals surface area contributed by atoms with Gasteiger partial charge in [-0.05, 0) is 45.4 Å². The molecule has 0 bridgehead atoms. The van der Waals surface area contributed by atoms with E-state index in [2.05, 4.69) is 12.2 Å². The van der Waals surface area contributed by atoms with Crippen LogP contribution in [0.25, 0.3) is 10.9 Å². The van der Waals surface area contributed by atoms with Crippen LogP contribution in [0.4, 0.5) is 0 Å². The molecule has 1 atom stereocenters. The van der Waals surface area contributed by atoms with Crippen molar-refractivity contribution >= 4 is 16.8 Å². The molecule has 0 aliphatic carbocycles. The number of hydrogen-bond donors (Lipinski definition) is 1. The van der Waals surface area contributed by atoms with Crippen molar-refractivity contribution in [2.24, 2.45) is 5.92 Å². The van der Waals surface area contributed by atoms with E-state index in [0.29, 0.717) is 30.2 Å². The summed E-state index contributed by atoms with van der Waals surface area (Å²) < 4.78 is 13.1. The second-order valence-electron chi connectivity index (χ2n) is 7.80. The van der Waals surface area contributed by atoms with Gasteiger partial charge < -0.3 is 19.4 Å². The molecule has 2 heterocycles. The van der Waals surface area contributed by atoms with Gasteiger partial charge in [0.25, 0.3) is 11.5 Å². The van der Waals surface area contributed by atoms with Gasteiger partial charge in [0, 0.05) is 23.4 Å². The zero-order chi connectivity index (χ0) is 19.1. The number of ether oxygens (including phenoxy) is 2. The molecule has 26 heavy (non-hydrogen) atoms. The first-order valence-electron chi connectivity index (χ1n) is 8.95. The average Bonchev–Trinajstić information content (AvgIpc) is 2.77. The van der Waals surface area contributed by atoms with Crippen molar-refractivity contribution in [1.29, 1.82) is 0 Å². The van der Waals surface area contributed by atoms with Gasteiger partial charge in [0.05, 0.1) is 19.2 Å². The normalized spacial score (nSPS) is 16.7. The number of amides is 1. The van der Waals surface area contributed by atoms with Gasteiger partial charge in [-0.1, -0.05) is 6.92 Å². The summed E-state index contributed by atoms with van der Waals surface area (Å²) in [4.78, 5) is 25.8. The third-order valence-corrected chi connectivity index (χ3v) is 4.61. The van der Waals surface area contributed by atoms with E-state index in [4.69, 9.17) is 9.47 Å². The fourth-order valence-electron chi connectivity index (χ4n) is 3.23. The van der Waals surface area contributed by atoms with E-state index in [1.54, 1.807) is 17.7 Å². The Hall–Kier alpha value is -2.50. The minimum absolute atomic E-state index is 0.153. The fraction of sp³-hybridized carbons (Fsp3) is 0.500. The van der Waals surface area contributed by atoms with Crippen LogP contribution >= 0.6 is 0 Å². The lowest BCUT2D eigenvalue weighted by atomic mass is 10.1. The van der Waals surface area contributed by atoms with Crippen LogP contribution in [-0.2, 0) is 6.54 Å². The zero-order valence-electron chi connectivity index (χ0n) is 16.0. The largest absolute Gasteiger partial charge is 0.493 e. The van der Waals surface area contributed by atoms with E-state index in [1.165, 1.54) is 0 Å². The smallest absolute Gasteiger partial charge is 0.264 e. The van der Waals surface area contributed by atoms with Crippen LogP contribution < -0.4 is 20.3 Å². The third-order valence-electron chi connectivity index (χ3n) is 4.61. The maximum atomic E-state index is 13.1. The predicted molar refractivity (Wildman–Crippen MR) is 101 cm³/mol. The van der Waals surface area contributed by atoms with Gasteiger partial charge in [-0.2, -0.15) is 0 Å². The molecule has 1 N–H and O–H groups in total. The molecular weight excluding hydrogens is 332 g/mol. The zero-order valence-corrected chi connectivity index (χ0v) is 16.0.